The SMILES string of the molecule is CCOCCCNC(=O)c1cc2c(C)nn(C)c2s1. The Bertz CT molecular complexity index is 539. The molecule has 0 aliphatic heterocycles. The summed E-state index contributed by atoms with van der Waals surface area (Å²) < 4.78 is 7.05. The van der Waals surface area contributed by atoms with Crippen LogP contribution < -0.4 is 5.32 Å². The number of ether oxygens (including phenoxy) is 1. The van der Waals surface area contributed by atoms with Crippen molar-refractivity contribution in [3.8, 4) is 0 Å². The lowest BCUT2D eigenvalue weighted by molar-refractivity contribution is 0.0948. The third-order valence-corrected chi connectivity index (χ3v) is 4.08. The Hall–Kier alpha value is -1.40. The van der Waals surface area contributed by atoms with Crippen LogP contribution in [0.5, 0.6) is 0 Å². The highest BCUT2D eigenvalue weighted by atomic mass is 32.1. The Kier molecular flexibility index (Phi) is 4.55. The van der Waals surface area contributed by atoms with Gasteiger partial charge in [-0.15, -0.1) is 11.3 Å². The van der Waals surface area contributed by atoms with E-state index in [-0.39, 0.29) is 5.91 Å². The number of hydrogen-bond acceptors (Lipinski definition) is 4. The quantitative estimate of drug-likeness (QED) is 0.825. The van der Waals surface area contributed by atoms with E-state index in [9.17, 15) is 4.79 Å². The molecular formula is C13H19N3O2S. The molecule has 0 spiro atoms. The van der Waals surface area contributed by atoms with Crippen LogP contribution in [-0.2, 0) is 11.8 Å². The highest BCUT2D eigenvalue weighted by Gasteiger charge is 2.14. The molecule has 6 heteroatoms. The molecule has 0 saturated carbocycles. The van der Waals surface area contributed by atoms with Crippen molar-refractivity contribution in [2.75, 3.05) is 19.8 Å². The van der Waals surface area contributed by atoms with Crippen LogP contribution >= 0.6 is 11.3 Å². The van der Waals surface area contributed by atoms with Crippen molar-refractivity contribution in [2.24, 2.45) is 7.05 Å². The highest BCUT2D eigenvalue weighted by Crippen LogP contribution is 2.27. The van der Waals surface area contributed by atoms with Gasteiger partial charge in [-0.05, 0) is 26.3 Å². The van der Waals surface area contributed by atoms with Gasteiger partial charge in [0.1, 0.15) is 4.83 Å². The standard InChI is InChI=1S/C13H19N3O2S/c1-4-18-7-5-6-14-12(17)11-8-10-9(2)15-16(3)13(10)19-11/h8H,4-7H2,1-3H3,(H,14,17). The summed E-state index contributed by atoms with van der Waals surface area (Å²) in [5.41, 5.74) is 0.962. The van der Waals surface area contributed by atoms with Crippen molar-refractivity contribution < 1.29 is 9.53 Å². The molecule has 0 aromatic carbocycles. The molecule has 2 rings (SSSR count). The number of nitrogens with one attached hydrogen (secondary N) is 1. The Morgan fingerprint density at radius 3 is 3.05 bits per heavy atom. The molecule has 0 radical (unpaired) electrons. The lowest BCUT2D eigenvalue weighted by atomic mass is 10.3. The minimum absolute atomic E-state index is 0.0166. The van der Waals surface area contributed by atoms with Gasteiger partial charge in [0.25, 0.3) is 5.91 Å². The molecule has 0 saturated heterocycles. The minimum Gasteiger partial charge on any atom is -0.382 e. The second kappa shape index (κ2) is 6.16. The molecule has 0 fully saturated rings. The second-order valence-electron chi connectivity index (χ2n) is 4.34. The number of rotatable bonds is 6. The number of carbonyl (C=O) groups excluding carboxylic acids is 1. The largest absolute Gasteiger partial charge is 0.382 e. The van der Waals surface area contributed by atoms with Crippen molar-refractivity contribution >= 4 is 27.5 Å². The predicted molar refractivity (Wildman–Crippen MR) is 76.8 cm³/mol. The number of thiophene rings is 1. The van der Waals surface area contributed by atoms with Crippen molar-refractivity contribution in [1.29, 1.82) is 0 Å². The van der Waals surface area contributed by atoms with Crippen LogP contribution in [0, 0.1) is 6.92 Å². The van der Waals surface area contributed by atoms with Crippen LogP contribution in [0.1, 0.15) is 28.7 Å². The van der Waals surface area contributed by atoms with E-state index in [4.69, 9.17) is 4.74 Å². The van der Waals surface area contributed by atoms with Crippen LogP contribution in [0.15, 0.2) is 6.07 Å². The van der Waals surface area contributed by atoms with E-state index in [0.29, 0.717) is 13.2 Å². The molecule has 2 aromatic rings. The predicted octanol–water partition coefficient (Wildman–Crippen LogP) is 2.10. The number of hydrogen-bond donors (Lipinski definition) is 1. The first-order chi connectivity index (χ1) is 9.13. The van der Waals surface area contributed by atoms with Gasteiger partial charge >= 0.3 is 0 Å². The Morgan fingerprint density at radius 1 is 1.58 bits per heavy atom. The lowest BCUT2D eigenvalue weighted by Crippen LogP contribution is -2.24. The summed E-state index contributed by atoms with van der Waals surface area (Å²) in [6.07, 6.45) is 0.838. The number of aromatic nitrogens is 2. The maximum Gasteiger partial charge on any atom is 0.261 e. The van der Waals surface area contributed by atoms with Crippen molar-refractivity contribution in [2.45, 2.75) is 20.3 Å². The van der Waals surface area contributed by atoms with Gasteiger partial charge in [-0.2, -0.15) is 5.10 Å². The summed E-state index contributed by atoms with van der Waals surface area (Å²) in [4.78, 5) is 13.8. The summed E-state index contributed by atoms with van der Waals surface area (Å²) in [6.45, 7) is 5.97. The average Bonchev–Trinajstić information content (AvgIpc) is 2.92. The Morgan fingerprint density at radius 2 is 2.37 bits per heavy atom. The van der Waals surface area contributed by atoms with Gasteiger partial charge in [0.15, 0.2) is 0 Å². The third kappa shape index (κ3) is 3.13. The zero-order valence-corrected chi connectivity index (χ0v) is 12.3. The van der Waals surface area contributed by atoms with Gasteiger partial charge in [-0.3, -0.25) is 9.48 Å². The van der Waals surface area contributed by atoms with Gasteiger partial charge in [-0.1, -0.05) is 0 Å². The van der Waals surface area contributed by atoms with Gasteiger partial charge in [0.2, 0.25) is 0 Å². The molecule has 0 aliphatic rings. The van der Waals surface area contributed by atoms with Crippen LogP contribution in [0.3, 0.4) is 0 Å². The van der Waals surface area contributed by atoms with E-state index in [0.717, 1.165) is 33.8 Å². The van der Waals surface area contributed by atoms with Gasteiger partial charge in [0, 0.05) is 32.2 Å². The Labute approximate surface area is 116 Å². The average molecular weight is 281 g/mol. The molecule has 2 heterocycles. The fourth-order valence-electron chi connectivity index (χ4n) is 1.92. The number of nitrogens with zero attached hydrogens (tertiary/aromatic N) is 2. The zero-order valence-electron chi connectivity index (χ0n) is 11.5. The molecule has 2 aromatic heterocycles. The van der Waals surface area contributed by atoms with E-state index in [1.165, 1.54) is 11.3 Å². The molecule has 0 bridgehead atoms. The van der Waals surface area contributed by atoms with E-state index < -0.39 is 0 Å². The van der Waals surface area contributed by atoms with E-state index in [1.807, 2.05) is 31.6 Å². The maximum absolute atomic E-state index is 12.0. The molecule has 5 nitrogen and oxygen atoms in total. The summed E-state index contributed by atoms with van der Waals surface area (Å²) in [7, 11) is 1.90. The van der Waals surface area contributed by atoms with Gasteiger partial charge in [-0.25, -0.2) is 0 Å². The zero-order chi connectivity index (χ0) is 13.8. The maximum atomic E-state index is 12.0. The summed E-state index contributed by atoms with van der Waals surface area (Å²) in [5, 5.41) is 8.30. The number of aryl methyl sites for hydroxylation is 2. The summed E-state index contributed by atoms with van der Waals surface area (Å²) >= 11 is 1.48. The van der Waals surface area contributed by atoms with Crippen molar-refractivity contribution in [3.63, 3.8) is 0 Å². The molecule has 0 atom stereocenters. The molecule has 0 aliphatic carbocycles. The fraction of sp³-hybridized carbons (Fsp3) is 0.538. The van der Waals surface area contributed by atoms with Crippen molar-refractivity contribution in [1.82, 2.24) is 15.1 Å². The number of fused-ring (bicyclic) bond motifs is 1. The minimum atomic E-state index is -0.0166. The van der Waals surface area contributed by atoms with Crippen LogP contribution in [0.4, 0.5) is 0 Å². The monoisotopic (exact) mass is 281 g/mol. The van der Waals surface area contributed by atoms with Crippen molar-refractivity contribution in [3.05, 3.63) is 16.6 Å². The first-order valence-electron chi connectivity index (χ1n) is 6.42. The molecule has 19 heavy (non-hydrogen) atoms. The first-order valence-corrected chi connectivity index (χ1v) is 7.24. The topological polar surface area (TPSA) is 56.1 Å². The third-order valence-electron chi connectivity index (χ3n) is 2.88. The van der Waals surface area contributed by atoms with Crippen LogP contribution in [0.25, 0.3) is 10.2 Å². The Balaban J connectivity index is 1.96. The first kappa shape index (κ1) is 14.0. The molecule has 0 unspecified atom stereocenters. The number of carbonyl (C=O) groups is 1. The normalized spacial score (nSPS) is 11.1. The summed E-state index contributed by atoms with van der Waals surface area (Å²) in [5.74, 6) is -0.0166. The number of amides is 1. The van der Waals surface area contributed by atoms with Gasteiger partial charge in [0.05, 0.1) is 10.6 Å². The highest BCUT2D eigenvalue weighted by molar-refractivity contribution is 7.20. The summed E-state index contributed by atoms with van der Waals surface area (Å²) in [6, 6.07) is 1.92. The molecule has 1 amide bonds. The lowest BCUT2D eigenvalue weighted by Gasteiger charge is -2.03. The van der Waals surface area contributed by atoms with Crippen LogP contribution in [0.2, 0.25) is 0 Å². The molecule has 104 valence electrons. The molecular weight excluding hydrogens is 262 g/mol. The van der Waals surface area contributed by atoms with Crippen LogP contribution in [-0.4, -0.2) is 35.4 Å². The van der Waals surface area contributed by atoms with E-state index in [1.54, 1.807) is 0 Å². The van der Waals surface area contributed by atoms with Gasteiger partial charge < -0.3 is 10.1 Å². The van der Waals surface area contributed by atoms with E-state index in [2.05, 4.69) is 10.4 Å². The molecule has 1 N–H and O–H groups in total. The smallest absolute Gasteiger partial charge is 0.261 e. The fourth-order valence-corrected chi connectivity index (χ4v) is 2.96. The second-order valence-corrected chi connectivity index (χ2v) is 5.38. The van der Waals surface area contributed by atoms with E-state index >= 15 is 0 Å².